The number of hydrogen-bond donors (Lipinski definition) is 2. The molecule has 1 atom stereocenters. The monoisotopic (exact) mass is 385 g/mol. The first-order valence-electron chi connectivity index (χ1n) is 9.34. The number of aryl methyl sites for hydroxylation is 1. The maximum Gasteiger partial charge on any atom is 0.387 e. The molecule has 152 valence electrons. The summed E-state index contributed by atoms with van der Waals surface area (Å²) in [5.41, 5.74) is 1.57. The molecule has 0 bridgehead atoms. The summed E-state index contributed by atoms with van der Waals surface area (Å²) in [6.45, 7) is 4.47. The van der Waals surface area contributed by atoms with Gasteiger partial charge >= 0.3 is 6.61 Å². The molecule has 0 aromatic heterocycles. The molecular formula is C19H29F2N3O3. The molecule has 1 aromatic carbocycles. The zero-order chi connectivity index (χ0) is 19.5. The first-order valence-corrected chi connectivity index (χ1v) is 9.34. The van der Waals surface area contributed by atoms with Crippen LogP contribution in [0, 0.1) is 6.92 Å². The second-order valence-electron chi connectivity index (χ2n) is 6.32. The summed E-state index contributed by atoms with van der Waals surface area (Å²) < 4.78 is 40.8. The lowest BCUT2D eigenvalue weighted by molar-refractivity contribution is -0.0504. The number of aliphatic imine (C=N–C) groups is 1. The lowest BCUT2D eigenvalue weighted by Gasteiger charge is -2.14. The Hall–Kier alpha value is -1.93. The second-order valence-corrected chi connectivity index (χ2v) is 6.32. The molecule has 2 N–H and O–H groups in total. The van der Waals surface area contributed by atoms with Crippen molar-refractivity contribution in [3.63, 3.8) is 0 Å². The van der Waals surface area contributed by atoms with Crippen LogP contribution in [0.25, 0.3) is 0 Å². The summed E-state index contributed by atoms with van der Waals surface area (Å²) in [5, 5.41) is 6.30. The summed E-state index contributed by atoms with van der Waals surface area (Å²) in [7, 11) is 0. The summed E-state index contributed by atoms with van der Waals surface area (Å²) >= 11 is 0. The topological polar surface area (TPSA) is 64.1 Å². The fourth-order valence-corrected chi connectivity index (χ4v) is 2.78. The van der Waals surface area contributed by atoms with Crippen molar-refractivity contribution in [2.45, 2.75) is 45.9 Å². The third-order valence-electron chi connectivity index (χ3n) is 4.05. The lowest BCUT2D eigenvalue weighted by atomic mass is 10.1. The maximum absolute atomic E-state index is 12.6. The standard InChI is InChI=1S/C19H29F2N3O3/c1-3-22-19(23-8-10-25-13-16-5-4-9-26-16)24-12-15-11-14(2)6-7-17(15)27-18(20)21/h6-7,11,16,18H,3-5,8-10,12-13H2,1-2H3,(H2,22,23,24). The van der Waals surface area contributed by atoms with Gasteiger partial charge in [0.15, 0.2) is 5.96 Å². The van der Waals surface area contributed by atoms with Gasteiger partial charge in [-0.1, -0.05) is 17.7 Å². The number of guanidine groups is 1. The Bertz CT molecular complexity index is 594. The Morgan fingerprint density at radius 3 is 2.93 bits per heavy atom. The van der Waals surface area contributed by atoms with Crippen molar-refractivity contribution >= 4 is 5.96 Å². The molecule has 8 heteroatoms. The molecule has 1 aromatic rings. The summed E-state index contributed by atoms with van der Waals surface area (Å²) in [4.78, 5) is 4.46. The highest BCUT2D eigenvalue weighted by atomic mass is 19.3. The largest absolute Gasteiger partial charge is 0.434 e. The van der Waals surface area contributed by atoms with Gasteiger partial charge in [-0.15, -0.1) is 0 Å². The number of ether oxygens (including phenoxy) is 3. The van der Waals surface area contributed by atoms with Crippen molar-refractivity contribution in [2.75, 3.05) is 32.9 Å². The molecule has 1 aliphatic heterocycles. The van der Waals surface area contributed by atoms with Crippen molar-refractivity contribution in [3.05, 3.63) is 29.3 Å². The SMILES string of the molecule is CCNC(=NCc1cc(C)ccc1OC(F)F)NCCOCC1CCCO1. The molecule has 6 nitrogen and oxygen atoms in total. The molecule has 0 aliphatic carbocycles. The fourth-order valence-electron chi connectivity index (χ4n) is 2.78. The van der Waals surface area contributed by atoms with Gasteiger partial charge in [0.05, 0.1) is 25.9 Å². The molecule has 0 saturated carbocycles. The van der Waals surface area contributed by atoms with Crippen molar-refractivity contribution in [3.8, 4) is 5.75 Å². The summed E-state index contributed by atoms with van der Waals surface area (Å²) in [6, 6.07) is 5.08. The van der Waals surface area contributed by atoms with Crippen LogP contribution in [0.4, 0.5) is 8.78 Å². The van der Waals surface area contributed by atoms with Gasteiger partial charge in [-0.3, -0.25) is 0 Å². The van der Waals surface area contributed by atoms with Crippen molar-refractivity contribution < 1.29 is 23.0 Å². The van der Waals surface area contributed by atoms with Gasteiger partial charge in [0.25, 0.3) is 0 Å². The molecule has 2 rings (SSSR count). The Balaban J connectivity index is 1.84. The zero-order valence-corrected chi connectivity index (χ0v) is 16.0. The Morgan fingerprint density at radius 1 is 1.37 bits per heavy atom. The molecule has 1 fully saturated rings. The molecule has 1 unspecified atom stereocenters. The Morgan fingerprint density at radius 2 is 2.22 bits per heavy atom. The Labute approximate surface area is 159 Å². The number of rotatable bonds is 10. The molecule has 0 radical (unpaired) electrons. The lowest BCUT2D eigenvalue weighted by Crippen LogP contribution is -2.39. The molecule has 27 heavy (non-hydrogen) atoms. The van der Waals surface area contributed by atoms with E-state index in [1.165, 1.54) is 0 Å². The maximum atomic E-state index is 12.6. The average Bonchev–Trinajstić information content (AvgIpc) is 3.14. The van der Waals surface area contributed by atoms with Crippen LogP contribution in [0.2, 0.25) is 0 Å². The van der Waals surface area contributed by atoms with E-state index in [2.05, 4.69) is 20.4 Å². The average molecular weight is 385 g/mol. The van der Waals surface area contributed by atoms with Crippen LogP contribution in [-0.4, -0.2) is 51.6 Å². The first-order chi connectivity index (χ1) is 13.1. The minimum atomic E-state index is -2.86. The van der Waals surface area contributed by atoms with Crippen LogP contribution in [0.1, 0.15) is 30.9 Å². The van der Waals surface area contributed by atoms with Gasteiger partial charge in [0.1, 0.15) is 5.75 Å². The van der Waals surface area contributed by atoms with E-state index in [0.717, 1.165) is 25.0 Å². The molecule has 1 saturated heterocycles. The number of nitrogens with zero attached hydrogens (tertiary/aromatic N) is 1. The minimum absolute atomic E-state index is 0.148. The predicted molar refractivity (Wildman–Crippen MR) is 100 cm³/mol. The van der Waals surface area contributed by atoms with Crippen LogP contribution in [0.3, 0.4) is 0 Å². The highest BCUT2D eigenvalue weighted by Crippen LogP contribution is 2.22. The quantitative estimate of drug-likeness (QED) is 0.368. The second kappa shape index (κ2) is 11.7. The van der Waals surface area contributed by atoms with Crippen molar-refractivity contribution in [1.82, 2.24) is 10.6 Å². The predicted octanol–water partition coefficient (Wildman–Crippen LogP) is 2.85. The van der Waals surface area contributed by atoms with Crippen LogP contribution >= 0.6 is 0 Å². The third kappa shape index (κ3) is 8.09. The van der Waals surface area contributed by atoms with E-state index in [4.69, 9.17) is 9.47 Å². The number of nitrogens with one attached hydrogen (secondary N) is 2. The molecule has 0 amide bonds. The molecular weight excluding hydrogens is 356 g/mol. The van der Waals surface area contributed by atoms with Gasteiger partial charge in [-0.2, -0.15) is 8.78 Å². The molecule has 1 heterocycles. The summed E-state index contributed by atoms with van der Waals surface area (Å²) in [6.07, 6.45) is 2.36. The van der Waals surface area contributed by atoms with Crippen molar-refractivity contribution in [1.29, 1.82) is 0 Å². The van der Waals surface area contributed by atoms with Crippen LogP contribution in [0.15, 0.2) is 23.2 Å². The van der Waals surface area contributed by atoms with Gasteiger partial charge in [0.2, 0.25) is 0 Å². The van der Waals surface area contributed by atoms with Gasteiger partial charge in [-0.25, -0.2) is 4.99 Å². The van der Waals surface area contributed by atoms with E-state index >= 15 is 0 Å². The zero-order valence-electron chi connectivity index (χ0n) is 16.0. The van der Waals surface area contributed by atoms with Crippen LogP contribution < -0.4 is 15.4 Å². The fraction of sp³-hybridized carbons (Fsp3) is 0.632. The summed E-state index contributed by atoms with van der Waals surface area (Å²) in [5.74, 6) is 0.748. The van der Waals surface area contributed by atoms with E-state index in [1.54, 1.807) is 18.2 Å². The van der Waals surface area contributed by atoms with E-state index in [-0.39, 0.29) is 18.4 Å². The smallest absolute Gasteiger partial charge is 0.387 e. The van der Waals surface area contributed by atoms with Crippen LogP contribution in [-0.2, 0) is 16.0 Å². The number of alkyl halides is 2. The van der Waals surface area contributed by atoms with E-state index in [9.17, 15) is 8.78 Å². The number of hydrogen-bond acceptors (Lipinski definition) is 4. The van der Waals surface area contributed by atoms with E-state index in [0.29, 0.717) is 37.8 Å². The number of halogens is 2. The van der Waals surface area contributed by atoms with Gasteiger partial charge < -0.3 is 24.8 Å². The molecule has 0 spiro atoms. The van der Waals surface area contributed by atoms with Gasteiger partial charge in [-0.05, 0) is 32.8 Å². The minimum Gasteiger partial charge on any atom is -0.434 e. The van der Waals surface area contributed by atoms with Crippen molar-refractivity contribution in [2.24, 2.45) is 4.99 Å². The van der Waals surface area contributed by atoms with E-state index < -0.39 is 6.61 Å². The highest BCUT2D eigenvalue weighted by Gasteiger charge is 2.15. The third-order valence-corrected chi connectivity index (χ3v) is 4.05. The number of benzene rings is 1. The molecule has 1 aliphatic rings. The van der Waals surface area contributed by atoms with Crippen LogP contribution in [0.5, 0.6) is 5.75 Å². The van der Waals surface area contributed by atoms with E-state index in [1.807, 2.05) is 13.8 Å². The highest BCUT2D eigenvalue weighted by molar-refractivity contribution is 5.79. The first kappa shape index (κ1) is 21.4. The van der Waals surface area contributed by atoms with Gasteiger partial charge in [0, 0.05) is 25.3 Å². The Kier molecular flexibility index (Phi) is 9.27. The normalized spacial score (nSPS) is 17.4.